The van der Waals surface area contributed by atoms with Crippen molar-refractivity contribution in [2.24, 2.45) is 5.92 Å². The Morgan fingerprint density at radius 3 is 2.24 bits per heavy atom. The molecule has 1 amide bonds. The minimum Gasteiger partial charge on any atom is -0.349 e. The molecule has 5 nitrogen and oxygen atoms in total. The second-order valence-corrected chi connectivity index (χ2v) is 12.4. The summed E-state index contributed by atoms with van der Waals surface area (Å²) in [4.78, 5) is 13.1. The van der Waals surface area contributed by atoms with E-state index in [1.807, 2.05) is 19.9 Å². The highest BCUT2D eigenvalue weighted by molar-refractivity contribution is 7.92. The number of halogens is 2. The Morgan fingerprint density at radius 2 is 1.76 bits per heavy atom. The molecule has 1 fully saturated rings. The third-order valence-corrected chi connectivity index (χ3v) is 7.27. The molecular formula is C26H34F2N2O3S. The van der Waals surface area contributed by atoms with E-state index in [-0.39, 0.29) is 23.4 Å². The monoisotopic (exact) mass is 492 g/mol. The topological polar surface area (TPSA) is 75.3 Å². The maximum atomic E-state index is 14.8. The average molecular weight is 493 g/mol. The number of anilines is 1. The number of sulfonamides is 1. The molecule has 0 aliphatic heterocycles. The van der Waals surface area contributed by atoms with Crippen LogP contribution in [0.25, 0.3) is 0 Å². The molecule has 1 saturated carbocycles. The molecule has 3 rings (SSSR count). The van der Waals surface area contributed by atoms with E-state index in [0.29, 0.717) is 24.1 Å². The highest BCUT2D eigenvalue weighted by atomic mass is 32.2. The van der Waals surface area contributed by atoms with Crippen LogP contribution in [0, 0.1) is 24.5 Å². The van der Waals surface area contributed by atoms with Crippen molar-refractivity contribution in [1.29, 1.82) is 0 Å². The van der Waals surface area contributed by atoms with Crippen LogP contribution in [0.5, 0.6) is 0 Å². The molecule has 186 valence electrons. The molecule has 3 unspecified atom stereocenters. The quantitative estimate of drug-likeness (QED) is 0.537. The van der Waals surface area contributed by atoms with Gasteiger partial charge in [0.2, 0.25) is 15.9 Å². The van der Waals surface area contributed by atoms with Gasteiger partial charge in [-0.2, -0.15) is 0 Å². The van der Waals surface area contributed by atoms with Crippen molar-refractivity contribution in [3.05, 3.63) is 64.2 Å². The van der Waals surface area contributed by atoms with Gasteiger partial charge in [-0.1, -0.05) is 46.8 Å². The molecule has 34 heavy (non-hydrogen) atoms. The highest BCUT2D eigenvalue weighted by Gasteiger charge is 2.56. The smallest absolute Gasteiger partial charge is 0.229 e. The Kier molecular flexibility index (Phi) is 6.88. The summed E-state index contributed by atoms with van der Waals surface area (Å²) in [6.07, 6.45) is 2.24. The molecule has 0 saturated heterocycles. The molecule has 2 N–H and O–H groups in total. The van der Waals surface area contributed by atoms with Gasteiger partial charge in [0, 0.05) is 16.9 Å². The fourth-order valence-electron chi connectivity index (χ4n) is 4.60. The number of hydrogen-bond donors (Lipinski definition) is 2. The maximum absolute atomic E-state index is 14.8. The van der Waals surface area contributed by atoms with Crippen molar-refractivity contribution in [1.82, 2.24) is 5.32 Å². The summed E-state index contributed by atoms with van der Waals surface area (Å²) in [7, 11) is -3.39. The molecule has 2 aromatic rings. The number of nitrogens with one attached hydrogen (secondary N) is 2. The lowest BCUT2D eigenvalue weighted by Gasteiger charge is -2.23. The first-order chi connectivity index (χ1) is 15.6. The SMILES string of the molecule is CCC(NC(=O)C1CC1(C)c1cc(F)c(C(C)(C)C)c(F)c1)c1ccc(NS(C)(=O)=O)c(C)c1. The van der Waals surface area contributed by atoms with Crippen LogP contribution in [-0.4, -0.2) is 20.6 Å². The lowest BCUT2D eigenvalue weighted by molar-refractivity contribution is -0.123. The normalized spacial score (nSPS) is 21.1. The zero-order valence-electron chi connectivity index (χ0n) is 20.8. The van der Waals surface area contributed by atoms with E-state index in [0.717, 1.165) is 17.4 Å². The lowest BCUT2D eigenvalue weighted by Crippen LogP contribution is -2.31. The number of amides is 1. The summed E-state index contributed by atoms with van der Waals surface area (Å²) in [5.41, 5.74) is 1.36. The van der Waals surface area contributed by atoms with E-state index in [2.05, 4.69) is 10.0 Å². The van der Waals surface area contributed by atoms with Crippen LogP contribution in [0.4, 0.5) is 14.5 Å². The molecule has 0 bridgehead atoms. The van der Waals surface area contributed by atoms with Crippen LogP contribution in [0.2, 0.25) is 0 Å². The Hall–Kier alpha value is -2.48. The highest BCUT2D eigenvalue weighted by Crippen LogP contribution is 2.55. The van der Waals surface area contributed by atoms with E-state index in [9.17, 15) is 22.0 Å². The maximum Gasteiger partial charge on any atom is 0.229 e. The average Bonchev–Trinajstić information content (AvgIpc) is 3.38. The van der Waals surface area contributed by atoms with Crippen LogP contribution >= 0.6 is 0 Å². The van der Waals surface area contributed by atoms with Gasteiger partial charge >= 0.3 is 0 Å². The number of aryl methyl sites for hydroxylation is 1. The molecule has 0 radical (unpaired) electrons. The zero-order chi connectivity index (χ0) is 25.6. The van der Waals surface area contributed by atoms with Crippen molar-refractivity contribution in [2.75, 3.05) is 11.0 Å². The third-order valence-electron chi connectivity index (χ3n) is 6.68. The molecule has 3 atom stereocenters. The van der Waals surface area contributed by atoms with Gasteiger partial charge in [0.1, 0.15) is 11.6 Å². The number of carbonyl (C=O) groups excluding carboxylic acids is 1. The van der Waals surface area contributed by atoms with Crippen molar-refractivity contribution in [3.8, 4) is 0 Å². The van der Waals surface area contributed by atoms with E-state index < -0.39 is 32.5 Å². The van der Waals surface area contributed by atoms with Gasteiger partial charge < -0.3 is 5.32 Å². The molecule has 0 heterocycles. The standard InChI is InChI=1S/C26H34F2N2O3S/c1-8-21(16-9-10-22(15(2)11-16)30-34(7,32)33)29-24(31)18-14-26(18,6)17-12-19(27)23(20(28)13-17)25(3,4)5/h9-13,18,21,30H,8,14H2,1-7H3,(H,29,31). The predicted octanol–water partition coefficient (Wildman–Crippen LogP) is 5.49. The summed E-state index contributed by atoms with van der Waals surface area (Å²) >= 11 is 0. The number of benzene rings is 2. The summed E-state index contributed by atoms with van der Waals surface area (Å²) in [5.74, 6) is -1.71. The van der Waals surface area contributed by atoms with Gasteiger partial charge in [0.25, 0.3) is 0 Å². The predicted molar refractivity (Wildman–Crippen MR) is 131 cm³/mol. The van der Waals surface area contributed by atoms with E-state index in [4.69, 9.17) is 0 Å². The van der Waals surface area contributed by atoms with Gasteiger partial charge in [-0.25, -0.2) is 17.2 Å². The van der Waals surface area contributed by atoms with Crippen molar-refractivity contribution in [2.45, 2.75) is 71.3 Å². The van der Waals surface area contributed by atoms with Crippen LogP contribution < -0.4 is 10.0 Å². The van der Waals surface area contributed by atoms with Crippen molar-refractivity contribution >= 4 is 21.6 Å². The lowest BCUT2D eigenvalue weighted by atomic mass is 9.83. The second-order valence-electron chi connectivity index (χ2n) is 10.7. The van der Waals surface area contributed by atoms with Crippen LogP contribution in [0.1, 0.15) is 75.8 Å². The fraction of sp³-hybridized carbons (Fsp3) is 0.500. The molecule has 0 spiro atoms. The number of hydrogen-bond acceptors (Lipinski definition) is 3. The molecule has 0 aromatic heterocycles. The summed E-state index contributed by atoms with van der Waals surface area (Å²) in [6, 6.07) is 7.79. The van der Waals surface area contributed by atoms with Crippen LogP contribution in [0.15, 0.2) is 30.3 Å². The number of carbonyl (C=O) groups is 1. The third kappa shape index (κ3) is 5.43. The fourth-order valence-corrected chi connectivity index (χ4v) is 5.23. The molecule has 1 aliphatic carbocycles. The van der Waals surface area contributed by atoms with Crippen molar-refractivity contribution < 1.29 is 22.0 Å². The van der Waals surface area contributed by atoms with Gasteiger partial charge in [-0.15, -0.1) is 0 Å². The van der Waals surface area contributed by atoms with Crippen LogP contribution in [-0.2, 0) is 25.6 Å². The van der Waals surface area contributed by atoms with Crippen molar-refractivity contribution in [3.63, 3.8) is 0 Å². The number of rotatable bonds is 7. The summed E-state index contributed by atoms with van der Waals surface area (Å²) < 4.78 is 55.1. The Labute approximate surface area is 201 Å². The first-order valence-electron chi connectivity index (χ1n) is 11.5. The Bertz CT molecular complexity index is 1200. The van der Waals surface area contributed by atoms with Gasteiger partial charge in [-0.3, -0.25) is 9.52 Å². The molecule has 1 aliphatic rings. The van der Waals surface area contributed by atoms with Crippen LogP contribution in [0.3, 0.4) is 0 Å². The first-order valence-corrected chi connectivity index (χ1v) is 13.3. The minimum absolute atomic E-state index is 0.0525. The van der Waals surface area contributed by atoms with Gasteiger partial charge in [0.15, 0.2) is 0 Å². The summed E-state index contributed by atoms with van der Waals surface area (Å²) in [6.45, 7) is 10.9. The van der Waals surface area contributed by atoms with E-state index in [1.54, 1.807) is 39.8 Å². The zero-order valence-corrected chi connectivity index (χ0v) is 21.7. The minimum atomic E-state index is -3.39. The molecule has 2 aromatic carbocycles. The van der Waals surface area contributed by atoms with E-state index in [1.165, 1.54) is 12.1 Å². The molecule has 8 heteroatoms. The largest absolute Gasteiger partial charge is 0.349 e. The van der Waals surface area contributed by atoms with Gasteiger partial charge in [-0.05, 0) is 60.1 Å². The summed E-state index contributed by atoms with van der Waals surface area (Å²) in [5, 5.41) is 3.06. The Morgan fingerprint density at radius 1 is 1.18 bits per heavy atom. The van der Waals surface area contributed by atoms with Gasteiger partial charge in [0.05, 0.1) is 18.0 Å². The van der Waals surface area contributed by atoms with E-state index >= 15 is 0 Å². The second kappa shape index (κ2) is 8.95. The first kappa shape index (κ1) is 26.1. The molecular weight excluding hydrogens is 458 g/mol. The Balaban J connectivity index is 1.77.